The van der Waals surface area contributed by atoms with Gasteiger partial charge in [0.05, 0.1) is 6.10 Å². The zero-order chi connectivity index (χ0) is 6.85. The molecule has 9 heavy (non-hydrogen) atoms. The van der Waals surface area contributed by atoms with Crippen LogP contribution in [0, 0.1) is 11.8 Å². The Morgan fingerprint density at radius 1 is 1.89 bits per heavy atom. The molecule has 0 aromatic heterocycles. The van der Waals surface area contributed by atoms with Crippen LogP contribution < -0.4 is 0 Å². The molecule has 0 saturated heterocycles. The largest absolute Gasteiger partial charge is 0.393 e. The highest BCUT2D eigenvalue weighted by atomic mass is 16.3. The van der Waals surface area contributed by atoms with Gasteiger partial charge in [-0.25, -0.2) is 0 Å². The van der Waals surface area contributed by atoms with Crippen molar-refractivity contribution in [3.05, 3.63) is 12.7 Å². The van der Waals surface area contributed by atoms with Crippen molar-refractivity contribution >= 4 is 0 Å². The molecule has 1 heteroatoms. The molecule has 1 aliphatic carbocycles. The third kappa shape index (κ3) is 1.83. The molecule has 1 unspecified atom stereocenters. The minimum atomic E-state index is -0.125. The second-order valence-corrected chi connectivity index (χ2v) is 2.98. The first-order valence-corrected chi connectivity index (χ1v) is 3.54. The molecule has 0 spiro atoms. The fourth-order valence-electron chi connectivity index (χ4n) is 1.27. The van der Waals surface area contributed by atoms with E-state index in [0.717, 1.165) is 12.3 Å². The topological polar surface area (TPSA) is 20.2 Å². The Balaban J connectivity index is 2.12. The van der Waals surface area contributed by atoms with Gasteiger partial charge >= 0.3 is 0 Å². The molecule has 1 N–H and O–H groups in total. The van der Waals surface area contributed by atoms with Gasteiger partial charge in [0.15, 0.2) is 0 Å². The quantitative estimate of drug-likeness (QED) is 0.569. The van der Waals surface area contributed by atoms with Crippen LogP contribution in [0.4, 0.5) is 0 Å². The second-order valence-electron chi connectivity index (χ2n) is 2.98. The zero-order valence-electron chi connectivity index (χ0n) is 5.88. The maximum Gasteiger partial charge on any atom is 0.0515 e. The third-order valence-electron chi connectivity index (χ3n) is 1.92. The van der Waals surface area contributed by atoms with Crippen molar-refractivity contribution in [1.29, 1.82) is 0 Å². The van der Waals surface area contributed by atoms with Crippen LogP contribution in [-0.4, -0.2) is 11.2 Å². The van der Waals surface area contributed by atoms with Crippen molar-refractivity contribution in [2.24, 2.45) is 11.8 Å². The van der Waals surface area contributed by atoms with E-state index in [1.54, 1.807) is 0 Å². The van der Waals surface area contributed by atoms with Crippen LogP contribution in [0.15, 0.2) is 12.7 Å². The normalized spacial score (nSPS) is 35.8. The summed E-state index contributed by atoms with van der Waals surface area (Å²) in [5.74, 6) is 1.45. The first kappa shape index (κ1) is 6.81. The molecule has 1 saturated carbocycles. The maximum atomic E-state index is 8.94. The Morgan fingerprint density at radius 3 is 2.89 bits per heavy atom. The predicted octanol–water partition coefficient (Wildman–Crippen LogP) is 1.58. The lowest BCUT2D eigenvalue weighted by Crippen LogP contribution is -2.00. The van der Waals surface area contributed by atoms with Gasteiger partial charge in [0.1, 0.15) is 0 Å². The van der Waals surface area contributed by atoms with Crippen molar-refractivity contribution < 1.29 is 5.11 Å². The number of hydrogen-bond acceptors (Lipinski definition) is 1. The molecule has 0 radical (unpaired) electrons. The molecule has 0 bridgehead atoms. The summed E-state index contributed by atoms with van der Waals surface area (Å²) in [5, 5.41) is 8.94. The summed E-state index contributed by atoms with van der Waals surface area (Å²) in [6.45, 7) is 5.54. The lowest BCUT2D eigenvalue weighted by Gasteiger charge is -1.99. The van der Waals surface area contributed by atoms with Crippen LogP contribution in [0.5, 0.6) is 0 Å². The van der Waals surface area contributed by atoms with Gasteiger partial charge < -0.3 is 5.11 Å². The molecule has 1 aliphatic rings. The molecule has 0 aromatic carbocycles. The molecule has 0 amide bonds. The molecule has 0 heterocycles. The van der Waals surface area contributed by atoms with Crippen molar-refractivity contribution in [3.63, 3.8) is 0 Å². The van der Waals surface area contributed by atoms with Crippen LogP contribution in [0.1, 0.15) is 19.8 Å². The van der Waals surface area contributed by atoms with Crippen LogP contribution in [0.25, 0.3) is 0 Å². The molecule has 3 atom stereocenters. The van der Waals surface area contributed by atoms with Crippen molar-refractivity contribution in [3.8, 4) is 0 Å². The average molecular weight is 126 g/mol. The number of hydrogen-bond donors (Lipinski definition) is 1. The standard InChI is InChI=1S/C8H14O/c1-3-7-5-8(7)4-6(2)9/h3,6-9H,1,4-5H2,2H3/t6-,7?,8-/m0/s1. The van der Waals surface area contributed by atoms with E-state index in [-0.39, 0.29) is 6.10 Å². The van der Waals surface area contributed by atoms with Crippen molar-refractivity contribution in [2.75, 3.05) is 0 Å². The minimum absolute atomic E-state index is 0.125. The second kappa shape index (κ2) is 2.53. The van der Waals surface area contributed by atoms with E-state index in [2.05, 4.69) is 6.58 Å². The number of aliphatic hydroxyl groups excluding tert-OH is 1. The van der Waals surface area contributed by atoms with Gasteiger partial charge in [-0.3, -0.25) is 0 Å². The Hall–Kier alpha value is -0.300. The predicted molar refractivity (Wildman–Crippen MR) is 38.1 cm³/mol. The highest BCUT2D eigenvalue weighted by molar-refractivity contribution is 4.98. The molecule has 0 aromatic rings. The van der Waals surface area contributed by atoms with E-state index < -0.39 is 0 Å². The van der Waals surface area contributed by atoms with E-state index in [9.17, 15) is 0 Å². The fraction of sp³-hybridized carbons (Fsp3) is 0.750. The first-order valence-electron chi connectivity index (χ1n) is 3.54. The zero-order valence-corrected chi connectivity index (χ0v) is 5.88. The molecule has 1 nitrogen and oxygen atoms in total. The Labute approximate surface area is 56.4 Å². The lowest BCUT2D eigenvalue weighted by atomic mass is 10.2. The van der Waals surface area contributed by atoms with Gasteiger partial charge in [-0.2, -0.15) is 0 Å². The molecule has 52 valence electrons. The van der Waals surface area contributed by atoms with Crippen LogP contribution in [-0.2, 0) is 0 Å². The third-order valence-corrected chi connectivity index (χ3v) is 1.92. The summed E-state index contributed by atoms with van der Waals surface area (Å²) >= 11 is 0. The van der Waals surface area contributed by atoms with Gasteiger partial charge in [-0.05, 0) is 31.6 Å². The van der Waals surface area contributed by atoms with E-state index in [1.807, 2.05) is 13.0 Å². The molecule has 0 aliphatic heterocycles. The number of allylic oxidation sites excluding steroid dienone is 1. The summed E-state index contributed by atoms with van der Waals surface area (Å²) in [7, 11) is 0. The number of rotatable bonds is 3. The molecule has 1 fully saturated rings. The van der Waals surface area contributed by atoms with E-state index in [4.69, 9.17) is 5.11 Å². The van der Waals surface area contributed by atoms with Crippen LogP contribution >= 0.6 is 0 Å². The summed E-state index contributed by atoms with van der Waals surface area (Å²) in [6, 6.07) is 0. The Morgan fingerprint density at radius 2 is 2.56 bits per heavy atom. The lowest BCUT2D eigenvalue weighted by molar-refractivity contribution is 0.176. The maximum absolute atomic E-state index is 8.94. The summed E-state index contributed by atoms with van der Waals surface area (Å²) < 4.78 is 0. The smallest absolute Gasteiger partial charge is 0.0515 e. The highest BCUT2D eigenvalue weighted by Gasteiger charge is 2.34. The van der Waals surface area contributed by atoms with Gasteiger partial charge in [-0.1, -0.05) is 6.08 Å². The fourth-order valence-corrected chi connectivity index (χ4v) is 1.27. The molecular formula is C8H14O. The van der Waals surface area contributed by atoms with Crippen molar-refractivity contribution in [2.45, 2.75) is 25.9 Å². The highest BCUT2D eigenvalue weighted by Crippen LogP contribution is 2.42. The first-order chi connectivity index (χ1) is 4.24. The monoisotopic (exact) mass is 126 g/mol. The van der Waals surface area contributed by atoms with E-state index in [0.29, 0.717) is 5.92 Å². The summed E-state index contributed by atoms with van der Waals surface area (Å²) in [4.78, 5) is 0. The number of aliphatic hydroxyl groups is 1. The van der Waals surface area contributed by atoms with Crippen LogP contribution in [0.3, 0.4) is 0 Å². The van der Waals surface area contributed by atoms with Gasteiger partial charge in [0.25, 0.3) is 0 Å². The molecule has 1 rings (SSSR count). The van der Waals surface area contributed by atoms with E-state index in [1.165, 1.54) is 6.42 Å². The SMILES string of the molecule is C=CC1C[C@@H]1C[C@H](C)O. The van der Waals surface area contributed by atoms with Crippen molar-refractivity contribution in [1.82, 2.24) is 0 Å². The minimum Gasteiger partial charge on any atom is -0.393 e. The Bertz CT molecular complexity index is 107. The van der Waals surface area contributed by atoms with Crippen LogP contribution in [0.2, 0.25) is 0 Å². The summed E-state index contributed by atoms with van der Waals surface area (Å²) in [6.07, 6.45) is 4.07. The Kier molecular flexibility index (Phi) is 1.91. The van der Waals surface area contributed by atoms with Gasteiger partial charge in [0, 0.05) is 0 Å². The van der Waals surface area contributed by atoms with E-state index >= 15 is 0 Å². The average Bonchev–Trinajstić information content (AvgIpc) is 2.45. The molecular weight excluding hydrogens is 112 g/mol. The summed E-state index contributed by atoms with van der Waals surface area (Å²) in [5.41, 5.74) is 0. The van der Waals surface area contributed by atoms with Gasteiger partial charge in [0.2, 0.25) is 0 Å². The van der Waals surface area contributed by atoms with Gasteiger partial charge in [-0.15, -0.1) is 6.58 Å².